The van der Waals surface area contributed by atoms with Crippen LogP contribution in [0.1, 0.15) is 38.7 Å². The van der Waals surface area contributed by atoms with E-state index in [1.165, 1.54) is 5.56 Å². The van der Waals surface area contributed by atoms with Gasteiger partial charge < -0.3 is 15.0 Å². The molecule has 0 saturated carbocycles. The minimum atomic E-state index is -0.232. The maximum Gasteiger partial charge on any atom is 0.240 e. The topological polar surface area (TPSA) is 49.4 Å². The summed E-state index contributed by atoms with van der Waals surface area (Å²) < 4.78 is 0. The summed E-state index contributed by atoms with van der Waals surface area (Å²) in [5.74, 6) is 0.341. The molecule has 1 aliphatic rings. The van der Waals surface area contributed by atoms with Crippen LogP contribution in [0, 0.1) is 5.92 Å². The van der Waals surface area contributed by atoms with E-state index in [0.717, 1.165) is 38.5 Å². The summed E-state index contributed by atoms with van der Waals surface area (Å²) in [6, 6.07) is 9.84. The molecule has 3 unspecified atom stereocenters. The first-order valence-electron chi connectivity index (χ1n) is 8.70. The van der Waals surface area contributed by atoms with Gasteiger partial charge in [-0.2, -0.15) is 0 Å². The van der Waals surface area contributed by atoms with Crippen molar-refractivity contribution in [2.45, 2.75) is 51.6 Å². The highest BCUT2D eigenvalue weighted by atomic mass is 16.2. The van der Waals surface area contributed by atoms with E-state index in [9.17, 15) is 9.59 Å². The molecule has 0 aromatic heterocycles. The van der Waals surface area contributed by atoms with Gasteiger partial charge in [-0.1, -0.05) is 50.6 Å². The molecule has 0 radical (unpaired) electrons. The van der Waals surface area contributed by atoms with Crippen LogP contribution in [-0.2, 0) is 16.0 Å². The largest absolute Gasteiger partial charge is 0.332 e. The number of aldehydes is 1. The van der Waals surface area contributed by atoms with Gasteiger partial charge in [0.25, 0.3) is 0 Å². The van der Waals surface area contributed by atoms with Gasteiger partial charge in [0.1, 0.15) is 6.29 Å². The van der Waals surface area contributed by atoms with Crippen LogP contribution in [0.2, 0.25) is 0 Å². The quantitative estimate of drug-likeness (QED) is 0.749. The molecule has 126 valence electrons. The number of nitrogens with one attached hydrogen (secondary N) is 1. The van der Waals surface area contributed by atoms with Crippen LogP contribution in [0.5, 0.6) is 0 Å². The fourth-order valence-corrected chi connectivity index (χ4v) is 3.17. The van der Waals surface area contributed by atoms with Crippen LogP contribution in [0.3, 0.4) is 0 Å². The second kappa shape index (κ2) is 8.82. The van der Waals surface area contributed by atoms with Crippen molar-refractivity contribution in [2.75, 3.05) is 13.1 Å². The minimum absolute atomic E-state index is 0.0852. The van der Waals surface area contributed by atoms with Crippen molar-refractivity contribution in [3.8, 4) is 0 Å². The average Bonchev–Trinajstić information content (AvgIpc) is 3.07. The zero-order valence-electron chi connectivity index (χ0n) is 14.2. The number of carbonyl (C=O) groups is 2. The Morgan fingerprint density at radius 2 is 2.13 bits per heavy atom. The highest BCUT2D eigenvalue weighted by molar-refractivity contribution is 5.85. The Hall–Kier alpha value is -1.68. The molecule has 4 heteroatoms. The highest BCUT2D eigenvalue weighted by Gasteiger charge is 2.34. The minimum Gasteiger partial charge on any atom is -0.332 e. The second-order valence-corrected chi connectivity index (χ2v) is 6.43. The highest BCUT2D eigenvalue weighted by Crippen LogP contribution is 2.19. The van der Waals surface area contributed by atoms with Gasteiger partial charge >= 0.3 is 0 Å². The van der Waals surface area contributed by atoms with Crippen molar-refractivity contribution in [2.24, 2.45) is 5.92 Å². The SMILES string of the molecule is CCC(C)C(NCCc1ccccc1)C(=O)N1CCCC1C=O. The van der Waals surface area contributed by atoms with Crippen molar-refractivity contribution in [3.63, 3.8) is 0 Å². The smallest absolute Gasteiger partial charge is 0.240 e. The number of rotatable bonds is 8. The summed E-state index contributed by atoms with van der Waals surface area (Å²) in [5, 5.41) is 3.43. The van der Waals surface area contributed by atoms with Crippen LogP contribution < -0.4 is 5.32 Å². The molecule has 1 saturated heterocycles. The van der Waals surface area contributed by atoms with Crippen LogP contribution >= 0.6 is 0 Å². The number of likely N-dealkylation sites (tertiary alicyclic amines) is 1. The Kier molecular flexibility index (Phi) is 6.78. The van der Waals surface area contributed by atoms with Crippen LogP contribution in [0.4, 0.5) is 0 Å². The third-order valence-electron chi connectivity index (χ3n) is 4.84. The first-order chi connectivity index (χ1) is 11.2. The Morgan fingerprint density at radius 3 is 2.78 bits per heavy atom. The molecule has 0 bridgehead atoms. The summed E-state index contributed by atoms with van der Waals surface area (Å²) in [6.45, 7) is 5.68. The summed E-state index contributed by atoms with van der Waals surface area (Å²) in [4.78, 5) is 25.8. The van der Waals surface area contributed by atoms with Crippen molar-refractivity contribution in [1.82, 2.24) is 10.2 Å². The van der Waals surface area contributed by atoms with Gasteiger partial charge in [0.15, 0.2) is 0 Å². The normalized spacial score (nSPS) is 20.3. The summed E-state index contributed by atoms with van der Waals surface area (Å²) in [5.41, 5.74) is 1.27. The lowest BCUT2D eigenvalue weighted by molar-refractivity contribution is -0.137. The number of amides is 1. The molecule has 1 fully saturated rings. The molecule has 1 heterocycles. The zero-order chi connectivity index (χ0) is 16.7. The monoisotopic (exact) mass is 316 g/mol. The molecule has 2 rings (SSSR count). The number of hydrogen-bond acceptors (Lipinski definition) is 3. The maximum absolute atomic E-state index is 12.9. The van der Waals surface area contributed by atoms with E-state index in [-0.39, 0.29) is 23.9 Å². The lowest BCUT2D eigenvalue weighted by Gasteiger charge is -2.30. The van der Waals surface area contributed by atoms with Crippen LogP contribution in [-0.4, -0.2) is 42.3 Å². The molecule has 1 aliphatic heterocycles. The van der Waals surface area contributed by atoms with E-state index in [1.807, 2.05) is 18.2 Å². The predicted molar refractivity (Wildman–Crippen MR) is 92.2 cm³/mol. The number of nitrogens with zero attached hydrogens (tertiary/aromatic N) is 1. The van der Waals surface area contributed by atoms with Crippen molar-refractivity contribution >= 4 is 12.2 Å². The van der Waals surface area contributed by atoms with Gasteiger partial charge in [-0.3, -0.25) is 4.79 Å². The van der Waals surface area contributed by atoms with E-state index in [4.69, 9.17) is 0 Å². The Balaban J connectivity index is 1.96. The third kappa shape index (κ3) is 4.64. The fraction of sp³-hybridized carbons (Fsp3) is 0.579. The maximum atomic E-state index is 12.9. The van der Waals surface area contributed by atoms with E-state index in [0.29, 0.717) is 6.54 Å². The van der Waals surface area contributed by atoms with Gasteiger partial charge in [-0.15, -0.1) is 0 Å². The van der Waals surface area contributed by atoms with Crippen molar-refractivity contribution in [3.05, 3.63) is 35.9 Å². The zero-order valence-corrected chi connectivity index (χ0v) is 14.2. The second-order valence-electron chi connectivity index (χ2n) is 6.43. The Bertz CT molecular complexity index is 503. The van der Waals surface area contributed by atoms with Gasteiger partial charge in [0.05, 0.1) is 12.1 Å². The van der Waals surface area contributed by atoms with Crippen molar-refractivity contribution < 1.29 is 9.59 Å². The molecule has 3 atom stereocenters. The molecule has 23 heavy (non-hydrogen) atoms. The molecular weight excluding hydrogens is 288 g/mol. The Labute approximate surface area is 139 Å². The first-order valence-corrected chi connectivity index (χ1v) is 8.70. The molecule has 0 aliphatic carbocycles. The standard InChI is InChI=1S/C19H28N2O2/c1-3-15(2)18(19(23)21-13-7-10-17(21)14-22)20-12-11-16-8-5-4-6-9-16/h4-6,8-9,14-15,17-18,20H,3,7,10-13H2,1-2H3. The summed E-state index contributed by atoms with van der Waals surface area (Å²) >= 11 is 0. The molecular formula is C19H28N2O2. The lowest BCUT2D eigenvalue weighted by Crippen LogP contribution is -2.52. The van der Waals surface area contributed by atoms with Gasteiger partial charge in [0.2, 0.25) is 5.91 Å². The van der Waals surface area contributed by atoms with E-state index < -0.39 is 0 Å². The van der Waals surface area contributed by atoms with Crippen LogP contribution in [0.15, 0.2) is 30.3 Å². The van der Waals surface area contributed by atoms with E-state index >= 15 is 0 Å². The molecule has 1 aromatic rings. The third-order valence-corrected chi connectivity index (χ3v) is 4.84. The lowest BCUT2D eigenvalue weighted by atomic mass is 9.97. The number of benzene rings is 1. The molecule has 1 aromatic carbocycles. The summed E-state index contributed by atoms with van der Waals surface area (Å²) in [6.07, 6.45) is 4.48. The molecule has 0 spiro atoms. The van der Waals surface area contributed by atoms with Gasteiger partial charge in [0, 0.05) is 6.54 Å². The molecule has 1 N–H and O–H groups in total. The van der Waals surface area contributed by atoms with Gasteiger partial charge in [-0.05, 0) is 37.3 Å². The van der Waals surface area contributed by atoms with E-state index in [1.54, 1.807) is 4.90 Å². The first kappa shape index (κ1) is 17.7. The van der Waals surface area contributed by atoms with Gasteiger partial charge in [-0.25, -0.2) is 0 Å². The average molecular weight is 316 g/mol. The fourth-order valence-electron chi connectivity index (χ4n) is 3.17. The van der Waals surface area contributed by atoms with E-state index in [2.05, 4.69) is 31.3 Å². The molecule has 4 nitrogen and oxygen atoms in total. The molecule has 1 amide bonds. The number of hydrogen-bond donors (Lipinski definition) is 1. The van der Waals surface area contributed by atoms with Crippen LogP contribution in [0.25, 0.3) is 0 Å². The number of carbonyl (C=O) groups excluding carboxylic acids is 2. The summed E-state index contributed by atoms with van der Waals surface area (Å²) in [7, 11) is 0. The Morgan fingerprint density at radius 1 is 1.39 bits per heavy atom. The van der Waals surface area contributed by atoms with Crippen molar-refractivity contribution in [1.29, 1.82) is 0 Å². The predicted octanol–water partition coefficient (Wildman–Crippen LogP) is 2.42.